The van der Waals surface area contributed by atoms with E-state index in [1.165, 1.54) is 32.4 Å². The van der Waals surface area contributed by atoms with Crippen LogP contribution >= 0.6 is 12.2 Å². The molecule has 1 heterocycles. The molecule has 0 spiro atoms. The summed E-state index contributed by atoms with van der Waals surface area (Å²) in [5.41, 5.74) is 0.341. The molecule has 21 heavy (non-hydrogen) atoms. The number of phenolic OH excluding ortho intramolecular Hbond substituents is 1. The maximum Gasteiger partial charge on any atom is 0.263 e. The number of amides is 2. The monoisotopic (exact) mass is 308 g/mol. The van der Waals surface area contributed by atoms with Gasteiger partial charge in [-0.25, -0.2) is 0 Å². The lowest BCUT2D eigenvalue weighted by atomic mass is 10.1. The lowest BCUT2D eigenvalue weighted by Gasteiger charge is -2.16. The zero-order chi connectivity index (χ0) is 15.6. The molecule has 7 nitrogen and oxygen atoms in total. The number of hydrogen-bond donors (Lipinski definition) is 3. The number of benzene rings is 1. The first-order valence-corrected chi connectivity index (χ1v) is 6.20. The van der Waals surface area contributed by atoms with Crippen molar-refractivity contribution < 1.29 is 24.2 Å². The fourth-order valence-corrected chi connectivity index (χ4v) is 1.96. The van der Waals surface area contributed by atoms with E-state index < -0.39 is 11.8 Å². The SMILES string of the molecule is COc1cc(C=C2C(=O)NC(=S)NC2=O)cc(OC)c1O. The topological polar surface area (TPSA) is 96.9 Å². The largest absolute Gasteiger partial charge is 0.502 e. The molecule has 1 aliphatic rings. The first kappa shape index (κ1) is 14.8. The fraction of sp³-hybridized carbons (Fsp3) is 0.154. The van der Waals surface area contributed by atoms with Gasteiger partial charge >= 0.3 is 0 Å². The van der Waals surface area contributed by atoms with Gasteiger partial charge < -0.3 is 14.6 Å². The van der Waals surface area contributed by atoms with Crippen LogP contribution in [0.25, 0.3) is 6.08 Å². The van der Waals surface area contributed by atoms with Crippen LogP contribution in [-0.2, 0) is 9.59 Å². The first-order chi connectivity index (χ1) is 9.96. The van der Waals surface area contributed by atoms with Gasteiger partial charge in [0.1, 0.15) is 5.57 Å². The van der Waals surface area contributed by atoms with Crippen LogP contribution in [0.4, 0.5) is 0 Å². The molecule has 0 aliphatic carbocycles. The van der Waals surface area contributed by atoms with Crippen LogP contribution in [0.15, 0.2) is 17.7 Å². The number of phenols is 1. The van der Waals surface area contributed by atoms with Crippen LogP contribution in [0.5, 0.6) is 17.2 Å². The number of carbonyl (C=O) groups is 2. The number of ether oxygens (including phenoxy) is 2. The van der Waals surface area contributed by atoms with Gasteiger partial charge in [-0.3, -0.25) is 20.2 Å². The van der Waals surface area contributed by atoms with E-state index in [-0.39, 0.29) is 27.9 Å². The Morgan fingerprint density at radius 2 is 1.57 bits per heavy atom. The molecule has 0 unspecified atom stereocenters. The lowest BCUT2D eigenvalue weighted by Crippen LogP contribution is -2.51. The highest BCUT2D eigenvalue weighted by molar-refractivity contribution is 7.80. The highest BCUT2D eigenvalue weighted by Gasteiger charge is 2.26. The smallest absolute Gasteiger partial charge is 0.263 e. The second kappa shape index (κ2) is 5.80. The Morgan fingerprint density at radius 1 is 1.10 bits per heavy atom. The van der Waals surface area contributed by atoms with Crippen molar-refractivity contribution in [1.29, 1.82) is 0 Å². The summed E-state index contributed by atoms with van der Waals surface area (Å²) in [4.78, 5) is 23.5. The number of thiocarbonyl (C=S) groups is 1. The van der Waals surface area contributed by atoms with Crippen molar-refractivity contribution in [3.05, 3.63) is 23.3 Å². The quantitative estimate of drug-likeness (QED) is 0.423. The maximum atomic E-state index is 11.8. The predicted molar refractivity (Wildman–Crippen MR) is 78.1 cm³/mol. The molecular weight excluding hydrogens is 296 g/mol. The van der Waals surface area contributed by atoms with Crippen LogP contribution in [-0.4, -0.2) is 36.3 Å². The Hall–Kier alpha value is -2.61. The molecule has 1 saturated heterocycles. The Labute approximate surface area is 125 Å². The minimum absolute atomic E-state index is 0.0389. The second-order valence-corrected chi connectivity index (χ2v) is 4.48. The van der Waals surface area contributed by atoms with Crippen molar-refractivity contribution in [2.45, 2.75) is 0 Å². The first-order valence-electron chi connectivity index (χ1n) is 5.79. The minimum atomic E-state index is -0.602. The summed E-state index contributed by atoms with van der Waals surface area (Å²) in [6.45, 7) is 0. The molecule has 0 radical (unpaired) electrons. The summed E-state index contributed by atoms with van der Waals surface area (Å²) in [5.74, 6) is -1.05. The van der Waals surface area contributed by atoms with Gasteiger partial charge in [0.05, 0.1) is 14.2 Å². The van der Waals surface area contributed by atoms with Crippen LogP contribution in [0, 0.1) is 0 Å². The normalized spacial score (nSPS) is 14.4. The standard InChI is InChI=1S/C13H12N2O5S/c1-19-8-4-6(5-9(20-2)10(8)16)3-7-11(17)14-13(21)15-12(7)18/h3-5,16H,1-2H3,(H2,14,15,17,18,21). The van der Waals surface area contributed by atoms with E-state index in [1.807, 2.05) is 0 Å². The van der Waals surface area contributed by atoms with Crippen molar-refractivity contribution in [3.63, 3.8) is 0 Å². The van der Waals surface area contributed by atoms with E-state index in [0.717, 1.165) is 0 Å². The van der Waals surface area contributed by atoms with Crippen molar-refractivity contribution in [3.8, 4) is 17.2 Å². The molecule has 1 aliphatic heterocycles. The number of hydrogen-bond acceptors (Lipinski definition) is 6. The molecule has 1 fully saturated rings. The van der Waals surface area contributed by atoms with Gasteiger partial charge in [-0.1, -0.05) is 0 Å². The number of aromatic hydroxyl groups is 1. The molecule has 8 heteroatoms. The molecule has 1 aromatic carbocycles. The van der Waals surface area contributed by atoms with Gasteiger partial charge in [0, 0.05) is 0 Å². The molecule has 1 aromatic rings. The zero-order valence-electron chi connectivity index (χ0n) is 11.2. The summed E-state index contributed by atoms with van der Waals surface area (Å²) >= 11 is 4.71. The van der Waals surface area contributed by atoms with Gasteiger partial charge in [0.2, 0.25) is 5.75 Å². The molecule has 0 saturated carbocycles. The third-order valence-electron chi connectivity index (χ3n) is 2.76. The molecule has 110 valence electrons. The van der Waals surface area contributed by atoms with E-state index in [1.54, 1.807) is 0 Å². The Bertz CT molecular complexity index is 622. The lowest BCUT2D eigenvalue weighted by molar-refractivity contribution is -0.123. The highest BCUT2D eigenvalue weighted by atomic mass is 32.1. The van der Waals surface area contributed by atoms with Crippen molar-refractivity contribution in [1.82, 2.24) is 10.6 Å². The van der Waals surface area contributed by atoms with E-state index in [0.29, 0.717) is 5.56 Å². The molecular formula is C13H12N2O5S. The molecule has 2 rings (SSSR count). The highest BCUT2D eigenvalue weighted by Crippen LogP contribution is 2.37. The number of nitrogens with one attached hydrogen (secondary N) is 2. The second-order valence-electron chi connectivity index (χ2n) is 4.07. The van der Waals surface area contributed by atoms with Crippen LogP contribution in [0.1, 0.15) is 5.56 Å². The Morgan fingerprint density at radius 3 is 2.00 bits per heavy atom. The van der Waals surface area contributed by atoms with Crippen LogP contribution < -0.4 is 20.1 Å². The summed E-state index contributed by atoms with van der Waals surface area (Å²) in [5, 5.41) is 14.4. The molecule has 0 bridgehead atoms. The van der Waals surface area contributed by atoms with E-state index in [4.69, 9.17) is 21.7 Å². The molecule has 0 atom stereocenters. The third kappa shape index (κ3) is 2.95. The Balaban J connectivity index is 2.47. The number of rotatable bonds is 3. The fourth-order valence-electron chi connectivity index (χ4n) is 1.77. The van der Waals surface area contributed by atoms with E-state index >= 15 is 0 Å². The maximum absolute atomic E-state index is 11.8. The van der Waals surface area contributed by atoms with Crippen molar-refractivity contribution in [2.24, 2.45) is 0 Å². The summed E-state index contributed by atoms with van der Waals surface area (Å²) in [7, 11) is 2.76. The molecule has 2 amide bonds. The van der Waals surface area contributed by atoms with Gasteiger partial charge in [-0.2, -0.15) is 0 Å². The average Bonchev–Trinajstić information content (AvgIpc) is 2.44. The van der Waals surface area contributed by atoms with Crippen molar-refractivity contribution in [2.75, 3.05) is 14.2 Å². The van der Waals surface area contributed by atoms with E-state index in [9.17, 15) is 14.7 Å². The summed E-state index contributed by atoms with van der Waals surface area (Å²) in [6.07, 6.45) is 1.34. The van der Waals surface area contributed by atoms with Gasteiger partial charge in [0.15, 0.2) is 16.6 Å². The van der Waals surface area contributed by atoms with Crippen molar-refractivity contribution >= 4 is 35.2 Å². The van der Waals surface area contributed by atoms with Gasteiger partial charge in [-0.05, 0) is 36.0 Å². The zero-order valence-corrected chi connectivity index (χ0v) is 12.0. The summed E-state index contributed by atoms with van der Waals surface area (Å²) in [6, 6.07) is 2.94. The molecule has 0 aromatic heterocycles. The number of methoxy groups -OCH3 is 2. The minimum Gasteiger partial charge on any atom is -0.502 e. The average molecular weight is 308 g/mol. The van der Waals surface area contributed by atoms with Crippen LogP contribution in [0.2, 0.25) is 0 Å². The Kier molecular flexibility index (Phi) is 4.08. The van der Waals surface area contributed by atoms with Crippen LogP contribution in [0.3, 0.4) is 0 Å². The summed E-state index contributed by atoms with van der Waals surface area (Å²) < 4.78 is 10.0. The van der Waals surface area contributed by atoms with Gasteiger partial charge in [0.25, 0.3) is 11.8 Å². The number of carbonyl (C=O) groups excluding carboxylic acids is 2. The third-order valence-corrected chi connectivity index (χ3v) is 2.96. The van der Waals surface area contributed by atoms with Gasteiger partial charge in [-0.15, -0.1) is 0 Å². The predicted octanol–water partition coefficient (Wildman–Crippen LogP) is 0.324. The van der Waals surface area contributed by atoms with E-state index in [2.05, 4.69) is 10.6 Å². The molecule has 3 N–H and O–H groups in total.